The van der Waals surface area contributed by atoms with E-state index in [2.05, 4.69) is 12.2 Å². The summed E-state index contributed by atoms with van der Waals surface area (Å²) in [6.07, 6.45) is 1.52. The Hall–Kier alpha value is -2.53. The van der Waals surface area contributed by atoms with Crippen molar-refractivity contribution in [3.63, 3.8) is 0 Å². The van der Waals surface area contributed by atoms with Gasteiger partial charge in [0.25, 0.3) is 0 Å². The van der Waals surface area contributed by atoms with Gasteiger partial charge >= 0.3 is 5.97 Å². The molecule has 0 saturated carbocycles. The molecule has 2 aromatic rings. The molecule has 5 nitrogen and oxygen atoms in total. The molecular formula is C22H29NO4. The summed E-state index contributed by atoms with van der Waals surface area (Å²) in [6, 6.07) is 15.3. The molecule has 0 radical (unpaired) electrons. The van der Waals surface area contributed by atoms with Crippen molar-refractivity contribution in [3.05, 3.63) is 59.7 Å². The van der Waals surface area contributed by atoms with Gasteiger partial charge in [-0.15, -0.1) is 0 Å². The van der Waals surface area contributed by atoms with Crippen LogP contribution < -0.4 is 14.8 Å². The summed E-state index contributed by atoms with van der Waals surface area (Å²) in [5, 5.41) is 3.31. The number of esters is 1. The van der Waals surface area contributed by atoms with Gasteiger partial charge in [0.2, 0.25) is 0 Å². The van der Waals surface area contributed by atoms with Crippen molar-refractivity contribution in [2.45, 2.75) is 39.3 Å². The van der Waals surface area contributed by atoms with E-state index in [1.807, 2.05) is 55.5 Å². The summed E-state index contributed by atoms with van der Waals surface area (Å²) in [5.74, 6) is 1.18. The Bertz CT molecular complexity index is 703. The number of ether oxygens (including phenoxy) is 3. The quantitative estimate of drug-likeness (QED) is 0.610. The van der Waals surface area contributed by atoms with Crippen LogP contribution in [0.5, 0.6) is 11.5 Å². The van der Waals surface area contributed by atoms with Gasteiger partial charge in [-0.3, -0.25) is 4.79 Å². The second-order valence-corrected chi connectivity index (χ2v) is 6.21. The second kappa shape index (κ2) is 11.2. The first-order chi connectivity index (χ1) is 13.2. The summed E-state index contributed by atoms with van der Waals surface area (Å²) < 4.78 is 16.3. The number of carbonyl (C=O) groups is 1. The van der Waals surface area contributed by atoms with Crippen molar-refractivity contribution in [2.75, 3.05) is 20.3 Å². The molecule has 0 fully saturated rings. The molecule has 2 aromatic carbocycles. The Morgan fingerprint density at radius 2 is 1.81 bits per heavy atom. The van der Waals surface area contributed by atoms with E-state index in [0.29, 0.717) is 31.9 Å². The normalized spacial score (nSPS) is 11.7. The second-order valence-electron chi connectivity index (χ2n) is 6.21. The number of hydrogen-bond acceptors (Lipinski definition) is 5. The molecule has 146 valence electrons. The van der Waals surface area contributed by atoms with E-state index in [1.165, 1.54) is 0 Å². The molecule has 5 heteroatoms. The molecule has 27 heavy (non-hydrogen) atoms. The number of methoxy groups -OCH3 is 1. The Labute approximate surface area is 161 Å². The third-order valence-corrected chi connectivity index (χ3v) is 4.10. The monoisotopic (exact) mass is 371 g/mol. The zero-order valence-corrected chi connectivity index (χ0v) is 16.4. The molecule has 0 aromatic heterocycles. The molecule has 1 atom stereocenters. The maximum absolute atomic E-state index is 12.3. The minimum absolute atomic E-state index is 0.240. The van der Waals surface area contributed by atoms with Crippen molar-refractivity contribution >= 4 is 5.97 Å². The van der Waals surface area contributed by atoms with Gasteiger partial charge in [0.05, 0.1) is 20.3 Å². The van der Waals surface area contributed by atoms with E-state index < -0.39 is 6.04 Å². The maximum Gasteiger partial charge on any atom is 0.323 e. The largest absolute Gasteiger partial charge is 0.493 e. The molecular weight excluding hydrogens is 342 g/mol. The maximum atomic E-state index is 12.3. The standard InChI is InChI=1S/C22H29NO4/c1-4-13-27-20-12-11-18(15-21(20)25-3)16-23-19(22(24)26-5-2)14-17-9-7-6-8-10-17/h6-12,15,19,23H,4-5,13-14,16H2,1-3H3/t19-/m0/s1. The first kappa shape index (κ1) is 20.8. The van der Waals surface area contributed by atoms with E-state index in [1.54, 1.807) is 7.11 Å². The van der Waals surface area contributed by atoms with Gasteiger partial charge in [0, 0.05) is 6.54 Å². The summed E-state index contributed by atoms with van der Waals surface area (Å²) in [7, 11) is 1.63. The fourth-order valence-corrected chi connectivity index (χ4v) is 2.73. The minimum atomic E-state index is -0.408. The fraction of sp³-hybridized carbons (Fsp3) is 0.409. The number of rotatable bonds is 11. The highest BCUT2D eigenvalue weighted by Crippen LogP contribution is 2.28. The molecule has 0 spiro atoms. The van der Waals surface area contributed by atoms with Crippen LogP contribution in [0.2, 0.25) is 0 Å². The average Bonchev–Trinajstić information content (AvgIpc) is 2.70. The van der Waals surface area contributed by atoms with Gasteiger partial charge in [0.1, 0.15) is 6.04 Å². The molecule has 1 N–H and O–H groups in total. The number of hydrogen-bond donors (Lipinski definition) is 1. The van der Waals surface area contributed by atoms with Crippen LogP contribution in [0.1, 0.15) is 31.4 Å². The number of nitrogens with one attached hydrogen (secondary N) is 1. The lowest BCUT2D eigenvalue weighted by molar-refractivity contribution is -0.145. The van der Waals surface area contributed by atoms with Crippen LogP contribution in [-0.2, 0) is 22.5 Å². The third-order valence-electron chi connectivity index (χ3n) is 4.10. The Morgan fingerprint density at radius 3 is 2.48 bits per heavy atom. The Balaban J connectivity index is 2.05. The predicted molar refractivity (Wildman–Crippen MR) is 106 cm³/mol. The van der Waals surface area contributed by atoms with Crippen LogP contribution in [0.3, 0.4) is 0 Å². The molecule has 0 unspecified atom stereocenters. The summed E-state index contributed by atoms with van der Waals surface area (Å²) in [4.78, 5) is 12.3. The third kappa shape index (κ3) is 6.61. The van der Waals surface area contributed by atoms with Crippen molar-refractivity contribution in [2.24, 2.45) is 0 Å². The van der Waals surface area contributed by atoms with Crippen molar-refractivity contribution in [1.29, 1.82) is 0 Å². The van der Waals surface area contributed by atoms with Gasteiger partial charge in [-0.2, -0.15) is 0 Å². The topological polar surface area (TPSA) is 56.8 Å². The highest BCUT2D eigenvalue weighted by Gasteiger charge is 2.20. The van der Waals surface area contributed by atoms with Crippen LogP contribution >= 0.6 is 0 Å². The van der Waals surface area contributed by atoms with Crippen LogP contribution in [0.15, 0.2) is 48.5 Å². The van der Waals surface area contributed by atoms with Gasteiger partial charge in [-0.1, -0.05) is 43.3 Å². The van der Waals surface area contributed by atoms with Crippen molar-refractivity contribution < 1.29 is 19.0 Å². The SMILES string of the molecule is CCCOc1ccc(CN[C@@H](Cc2ccccc2)C(=O)OCC)cc1OC. The molecule has 2 rings (SSSR count). The highest BCUT2D eigenvalue weighted by molar-refractivity contribution is 5.76. The zero-order chi connectivity index (χ0) is 19.5. The van der Waals surface area contributed by atoms with Crippen LogP contribution in [-0.4, -0.2) is 32.3 Å². The Kier molecular flexibility index (Phi) is 8.65. The van der Waals surface area contributed by atoms with E-state index in [9.17, 15) is 4.79 Å². The molecule has 0 aliphatic rings. The first-order valence-corrected chi connectivity index (χ1v) is 9.41. The Morgan fingerprint density at radius 1 is 1.04 bits per heavy atom. The predicted octanol–water partition coefficient (Wildman–Crippen LogP) is 3.75. The van der Waals surface area contributed by atoms with Crippen molar-refractivity contribution in [1.82, 2.24) is 5.32 Å². The van der Waals surface area contributed by atoms with Gasteiger partial charge in [-0.25, -0.2) is 0 Å². The molecule has 0 amide bonds. The van der Waals surface area contributed by atoms with Gasteiger partial charge in [-0.05, 0) is 43.0 Å². The lowest BCUT2D eigenvalue weighted by atomic mass is 10.1. The summed E-state index contributed by atoms with van der Waals surface area (Å²) in [6.45, 7) is 5.42. The average molecular weight is 371 g/mol. The van der Waals surface area contributed by atoms with E-state index >= 15 is 0 Å². The highest BCUT2D eigenvalue weighted by atomic mass is 16.5. The summed E-state index contributed by atoms with van der Waals surface area (Å²) >= 11 is 0. The van der Waals surface area contributed by atoms with E-state index in [0.717, 1.165) is 23.3 Å². The lowest BCUT2D eigenvalue weighted by Crippen LogP contribution is -2.39. The number of benzene rings is 2. The minimum Gasteiger partial charge on any atom is -0.493 e. The first-order valence-electron chi connectivity index (χ1n) is 9.41. The van der Waals surface area contributed by atoms with Gasteiger partial charge < -0.3 is 19.5 Å². The fourth-order valence-electron chi connectivity index (χ4n) is 2.73. The zero-order valence-electron chi connectivity index (χ0n) is 16.4. The van der Waals surface area contributed by atoms with Gasteiger partial charge in [0.15, 0.2) is 11.5 Å². The van der Waals surface area contributed by atoms with E-state index in [-0.39, 0.29) is 5.97 Å². The molecule has 0 aliphatic carbocycles. The lowest BCUT2D eigenvalue weighted by Gasteiger charge is -2.18. The van der Waals surface area contributed by atoms with Crippen LogP contribution in [0.4, 0.5) is 0 Å². The van der Waals surface area contributed by atoms with Crippen LogP contribution in [0, 0.1) is 0 Å². The molecule has 0 heterocycles. The van der Waals surface area contributed by atoms with E-state index in [4.69, 9.17) is 14.2 Å². The number of carbonyl (C=O) groups excluding carboxylic acids is 1. The van der Waals surface area contributed by atoms with Crippen LogP contribution in [0.25, 0.3) is 0 Å². The molecule has 0 aliphatic heterocycles. The molecule has 0 bridgehead atoms. The molecule has 0 saturated heterocycles. The van der Waals surface area contributed by atoms with Crippen molar-refractivity contribution in [3.8, 4) is 11.5 Å². The smallest absolute Gasteiger partial charge is 0.323 e. The summed E-state index contributed by atoms with van der Waals surface area (Å²) in [5.41, 5.74) is 2.10.